The van der Waals surface area contributed by atoms with E-state index in [1.807, 2.05) is 0 Å². The second-order valence-electron chi connectivity index (χ2n) is 3.84. The summed E-state index contributed by atoms with van der Waals surface area (Å²) in [6.07, 6.45) is 0. The van der Waals surface area contributed by atoms with E-state index in [1.54, 1.807) is 0 Å². The van der Waals surface area contributed by atoms with Gasteiger partial charge in [-0.05, 0) is 18.2 Å². The summed E-state index contributed by atoms with van der Waals surface area (Å²) in [5, 5.41) is 31.6. The first-order chi connectivity index (χ1) is 8.55. The van der Waals surface area contributed by atoms with Gasteiger partial charge in [0.2, 0.25) is 0 Å². The average Bonchev–Trinajstić information content (AvgIpc) is 2.36. The van der Waals surface area contributed by atoms with E-state index in [2.05, 4.69) is 10.6 Å². The molecular formula is C11H15FN2O4. The number of hydrogen-bond acceptors (Lipinski definition) is 4. The first-order valence-electron chi connectivity index (χ1n) is 5.22. The molecule has 0 aliphatic rings. The van der Waals surface area contributed by atoms with Gasteiger partial charge >= 0.3 is 6.03 Å². The van der Waals surface area contributed by atoms with Gasteiger partial charge in [0.1, 0.15) is 11.4 Å². The summed E-state index contributed by atoms with van der Waals surface area (Å²) in [5.41, 5.74) is -1.30. The number of amides is 2. The van der Waals surface area contributed by atoms with E-state index in [0.29, 0.717) is 0 Å². The highest BCUT2D eigenvalue weighted by Crippen LogP contribution is 2.09. The minimum Gasteiger partial charge on any atom is -0.394 e. The third-order valence-electron chi connectivity index (χ3n) is 2.37. The summed E-state index contributed by atoms with van der Waals surface area (Å²) >= 11 is 0. The third-order valence-corrected chi connectivity index (χ3v) is 2.37. The number of anilines is 1. The fourth-order valence-corrected chi connectivity index (χ4v) is 1.24. The van der Waals surface area contributed by atoms with Crippen LogP contribution < -0.4 is 10.6 Å². The molecule has 1 rings (SSSR count). The Morgan fingerprint density at radius 3 is 2.33 bits per heavy atom. The van der Waals surface area contributed by atoms with Crippen molar-refractivity contribution in [3.05, 3.63) is 30.1 Å². The zero-order valence-corrected chi connectivity index (χ0v) is 9.56. The molecule has 0 aliphatic heterocycles. The van der Waals surface area contributed by atoms with Crippen LogP contribution in [0.2, 0.25) is 0 Å². The number of carbonyl (C=O) groups is 1. The Labute approximate surface area is 103 Å². The van der Waals surface area contributed by atoms with Gasteiger partial charge in [-0.3, -0.25) is 0 Å². The van der Waals surface area contributed by atoms with Crippen LogP contribution in [0, 0.1) is 5.82 Å². The van der Waals surface area contributed by atoms with Gasteiger partial charge < -0.3 is 26.0 Å². The minimum absolute atomic E-state index is 0.218. The Bertz CT molecular complexity index is 402. The number of rotatable bonds is 5. The van der Waals surface area contributed by atoms with E-state index >= 15 is 0 Å². The predicted octanol–water partition coefficient (Wildman–Crippen LogP) is -0.337. The van der Waals surface area contributed by atoms with Gasteiger partial charge in [0.25, 0.3) is 0 Å². The maximum Gasteiger partial charge on any atom is 0.319 e. The van der Waals surface area contributed by atoms with Crippen molar-refractivity contribution in [3.8, 4) is 0 Å². The fourth-order valence-electron chi connectivity index (χ4n) is 1.24. The number of aliphatic hydroxyl groups excluding tert-OH is 3. The average molecular weight is 258 g/mol. The Hall–Kier alpha value is -1.70. The van der Waals surface area contributed by atoms with Crippen LogP contribution in [0.15, 0.2) is 24.3 Å². The van der Waals surface area contributed by atoms with E-state index in [4.69, 9.17) is 15.3 Å². The lowest BCUT2D eigenvalue weighted by Crippen LogP contribution is -2.58. The van der Waals surface area contributed by atoms with Crippen LogP contribution in [0.5, 0.6) is 0 Å². The molecule has 1 aromatic carbocycles. The summed E-state index contributed by atoms with van der Waals surface area (Å²) in [7, 11) is 0. The van der Waals surface area contributed by atoms with Crippen LogP contribution in [0.3, 0.4) is 0 Å². The summed E-state index contributed by atoms with van der Waals surface area (Å²) in [5.74, 6) is -0.509. The summed E-state index contributed by atoms with van der Waals surface area (Å²) in [6.45, 7) is -1.89. The number of aliphatic hydroxyl groups is 3. The van der Waals surface area contributed by atoms with Crippen LogP contribution in [-0.2, 0) is 0 Å². The molecule has 100 valence electrons. The second kappa shape index (κ2) is 6.29. The van der Waals surface area contributed by atoms with Crippen molar-refractivity contribution in [1.29, 1.82) is 0 Å². The number of hydrogen-bond donors (Lipinski definition) is 5. The molecule has 0 spiro atoms. The van der Waals surface area contributed by atoms with Crippen LogP contribution in [0.25, 0.3) is 0 Å². The lowest BCUT2D eigenvalue weighted by atomic mass is 10.0. The Balaban J connectivity index is 2.66. The Morgan fingerprint density at radius 2 is 1.83 bits per heavy atom. The standard InChI is InChI=1S/C11H15FN2O4/c12-8-2-1-3-9(4-8)13-10(18)14-11(5-15,6-16)7-17/h1-4,15-17H,5-7H2,(H2,13,14,18). The molecule has 0 radical (unpaired) electrons. The van der Waals surface area contributed by atoms with E-state index in [9.17, 15) is 9.18 Å². The number of nitrogens with one attached hydrogen (secondary N) is 2. The SMILES string of the molecule is O=C(Nc1cccc(F)c1)NC(CO)(CO)CO. The van der Waals surface area contributed by atoms with Crippen molar-refractivity contribution < 1.29 is 24.5 Å². The van der Waals surface area contributed by atoms with Crippen LogP contribution in [-0.4, -0.2) is 46.7 Å². The Kier molecular flexibility index (Phi) is 5.02. The minimum atomic E-state index is -1.52. The van der Waals surface area contributed by atoms with Crippen LogP contribution in [0.4, 0.5) is 14.9 Å². The molecule has 0 aliphatic carbocycles. The van der Waals surface area contributed by atoms with Gasteiger partial charge in [0.15, 0.2) is 0 Å². The zero-order valence-electron chi connectivity index (χ0n) is 9.56. The molecule has 5 N–H and O–H groups in total. The summed E-state index contributed by atoms with van der Waals surface area (Å²) in [4.78, 5) is 11.5. The smallest absolute Gasteiger partial charge is 0.319 e. The number of benzene rings is 1. The van der Waals surface area contributed by atoms with Gasteiger partial charge in [-0.25, -0.2) is 9.18 Å². The van der Waals surface area contributed by atoms with Crippen molar-refractivity contribution in [2.24, 2.45) is 0 Å². The molecule has 0 saturated carbocycles. The van der Waals surface area contributed by atoms with E-state index in [0.717, 1.165) is 6.07 Å². The molecule has 0 aromatic heterocycles. The van der Waals surface area contributed by atoms with Crippen molar-refractivity contribution >= 4 is 11.7 Å². The number of halogens is 1. The topological polar surface area (TPSA) is 102 Å². The first kappa shape index (κ1) is 14.4. The van der Waals surface area contributed by atoms with Gasteiger partial charge in [-0.2, -0.15) is 0 Å². The quantitative estimate of drug-likeness (QED) is 0.499. The number of carbonyl (C=O) groups excluding carboxylic acids is 1. The predicted molar refractivity (Wildman–Crippen MR) is 62.5 cm³/mol. The molecule has 7 heteroatoms. The van der Waals surface area contributed by atoms with Gasteiger partial charge in [-0.15, -0.1) is 0 Å². The molecule has 0 bridgehead atoms. The highest BCUT2D eigenvalue weighted by molar-refractivity contribution is 5.89. The van der Waals surface area contributed by atoms with Crippen molar-refractivity contribution in [2.75, 3.05) is 25.1 Å². The molecule has 18 heavy (non-hydrogen) atoms. The molecular weight excluding hydrogens is 243 g/mol. The lowest BCUT2D eigenvalue weighted by Gasteiger charge is -2.28. The normalized spacial score (nSPS) is 11.1. The monoisotopic (exact) mass is 258 g/mol. The zero-order chi connectivity index (χ0) is 13.6. The summed E-state index contributed by atoms with van der Waals surface area (Å²) < 4.78 is 12.9. The first-order valence-corrected chi connectivity index (χ1v) is 5.22. The van der Waals surface area contributed by atoms with Crippen LogP contribution in [0.1, 0.15) is 0 Å². The van der Waals surface area contributed by atoms with Gasteiger partial charge in [-0.1, -0.05) is 6.07 Å². The third kappa shape index (κ3) is 3.66. The van der Waals surface area contributed by atoms with Crippen molar-refractivity contribution in [2.45, 2.75) is 5.54 Å². The largest absolute Gasteiger partial charge is 0.394 e. The van der Waals surface area contributed by atoms with Crippen molar-refractivity contribution in [1.82, 2.24) is 5.32 Å². The van der Waals surface area contributed by atoms with E-state index in [-0.39, 0.29) is 5.69 Å². The highest BCUT2D eigenvalue weighted by Gasteiger charge is 2.29. The lowest BCUT2D eigenvalue weighted by molar-refractivity contribution is 0.0507. The maximum absolute atomic E-state index is 12.9. The molecule has 6 nitrogen and oxygen atoms in total. The molecule has 0 saturated heterocycles. The molecule has 0 fully saturated rings. The molecule has 0 atom stereocenters. The number of urea groups is 1. The molecule has 0 heterocycles. The fraction of sp³-hybridized carbons (Fsp3) is 0.364. The van der Waals surface area contributed by atoms with Gasteiger partial charge in [0.05, 0.1) is 19.8 Å². The van der Waals surface area contributed by atoms with Crippen LogP contribution >= 0.6 is 0 Å². The molecule has 2 amide bonds. The Morgan fingerprint density at radius 1 is 1.22 bits per heavy atom. The summed E-state index contributed by atoms with van der Waals surface area (Å²) in [6, 6.07) is 4.46. The molecule has 0 unspecified atom stereocenters. The molecule has 1 aromatic rings. The van der Waals surface area contributed by atoms with E-state index in [1.165, 1.54) is 18.2 Å². The highest BCUT2D eigenvalue weighted by atomic mass is 19.1. The maximum atomic E-state index is 12.9. The van der Waals surface area contributed by atoms with Crippen molar-refractivity contribution in [3.63, 3.8) is 0 Å². The van der Waals surface area contributed by atoms with E-state index < -0.39 is 37.2 Å². The van der Waals surface area contributed by atoms with Gasteiger partial charge in [0, 0.05) is 5.69 Å². The second-order valence-corrected chi connectivity index (χ2v) is 3.84.